The van der Waals surface area contributed by atoms with Crippen LogP contribution in [0.25, 0.3) is 0 Å². The van der Waals surface area contributed by atoms with E-state index >= 15 is 4.79 Å². The van der Waals surface area contributed by atoms with Crippen molar-refractivity contribution in [3.63, 3.8) is 0 Å². The number of carbonyl (C=O) groups is 4. The molecule has 6 atom stereocenters. The first kappa shape index (κ1) is 29.0. The lowest BCUT2D eigenvalue weighted by Gasteiger charge is -2.50. The van der Waals surface area contributed by atoms with Crippen LogP contribution < -0.4 is 10.2 Å². The van der Waals surface area contributed by atoms with Crippen molar-refractivity contribution in [1.82, 2.24) is 9.91 Å². The summed E-state index contributed by atoms with van der Waals surface area (Å²) < 4.78 is 19.5. The number of hydrogen-bond acceptors (Lipinski definition) is 7. The van der Waals surface area contributed by atoms with E-state index in [2.05, 4.69) is 5.43 Å². The van der Waals surface area contributed by atoms with Crippen molar-refractivity contribution in [1.29, 1.82) is 0 Å². The molecule has 6 unspecified atom stereocenters. The molecule has 2 saturated heterocycles. The predicted molar refractivity (Wildman–Crippen MR) is 161 cm³/mol. The van der Waals surface area contributed by atoms with Gasteiger partial charge in [0.25, 0.3) is 11.8 Å². The molecule has 9 nitrogen and oxygen atoms in total. The fourth-order valence-electron chi connectivity index (χ4n) is 8.13. The van der Waals surface area contributed by atoms with Gasteiger partial charge in [-0.2, -0.15) is 5.01 Å². The van der Waals surface area contributed by atoms with Crippen LogP contribution in [0, 0.1) is 29.5 Å². The summed E-state index contributed by atoms with van der Waals surface area (Å²) >= 11 is 6.30. The van der Waals surface area contributed by atoms with Gasteiger partial charge in [0.15, 0.2) is 0 Å². The Morgan fingerprint density at radius 2 is 1.67 bits per heavy atom. The van der Waals surface area contributed by atoms with E-state index in [0.717, 1.165) is 9.91 Å². The highest BCUT2D eigenvalue weighted by atomic mass is 35.5. The number of phenols is 1. The number of allylic oxidation sites excluding steroid dienone is 2. The van der Waals surface area contributed by atoms with E-state index in [1.807, 2.05) is 6.08 Å². The van der Waals surface area contributed by atoms with Crippen molar-refractivity contribution in [2.45, 2.75) is 24.2 Å². The average Bonchev–Trinajstić information content (AvgIpc) is 3.39. The molecule has 11 heteroatoms. The van der Waals surface area contributed by atoms with Gasteiger partial charge in [-0.15, -0.1) is 0 Å². The molecule has 2 aliphatic carbocycles. The maximum atomic E-state index is 15.1. The number of anilines is 1. The molecule has 0 bridgehead atoms. The van der Waals surface area contributed by atoms with E-state index in [0.29, 0.717) is 33.2 Å². The predicted octanol–water partition coefficient (Wildman–Crippen LogP) is 4.81. The van der Waals surface area contributed by atoms with Gasteiger partial charge in [-0.25, -0.2) is 4.39 Å². The summed E-state index contributed by atoms with van der Waals surface area (Å²) in [5.74, 6) is -5.97. The van der Waals surface area contributed by atoms with E-state index < -0.39 is 52.6 Å². The summed E-state index contributed by atoms with van der Waals surface area (Å²) in [6, 6.07) is 16.7. The first-order valence-electron chi connectivity index (χ1n) is 14.6. The third-order valence-corrected chi connectivity index (χ3v) is 10.3. The number of benzene rings is 3. The second-order valence-corrected chi connectivity index (χ2v) is 12.4. The number of carbonyl (C=O) groups excluding carboxylic acids is 4. The van der Waals surface area contributed by atoms with Crippen molar-refractivity contribution in [3.05, 3.63) is 100 Å². The lowest BCUT2D eigenvalue weighted by molar-refractivity contribution is -0.140. The number of likely N-dealkylation sites (tertiary alicyclic amines) is 1. The molecule has 1 saturated carbocycles. The monoisotopic (exact) mass is 629 g/mol. The van der Waals surface area contributed by atoms with Gasteiger partial charge in [0.1, 0.15) is 17.3 Å². The molecule has 230 valence electrons. The second-order valence-electron chi connectivity index (χ2n) is 12.0. The molecule has 0 spiro atoms. The molecule has 45 heavy (non-hydrogen) atoms. The zero-order valence-electron chi connectivity index (χ0n) is 24.4. The minimum Gasteiger partial charge on any atom is -0.508 e. The van der Waals surface area contributed by atoms with Crippen molar-refractivity contribution in [3.8, 4) is 11.5 Å². The van der Waals surface area contributed by atoms with Gasteiger partial charge >= 0.3 is 0 Å². The molecule has 0 aromatic heterocycles. The number of methoxy groups -OCH3 is 1. The highest BCUT2D eigenvalue weighted by Crippen LogP contribution is 2.65. The van der Waals surface area contributed by atoms with E-state index in [1.54, 1.807) is 36.4 Å². The van der Waals surface area contributed by atoms with Crippen LogP contribution in [0.3, 0.4) is 0 Å². The number of aromatic hydroxyl groups is 1. The van der Waals surface area contributed by atoms with Gasteiger partial charge in [-0.1, -0.05) is 41.4 Å². The largest absolute Gasteiger partial charge is 0.508 e. The van der Waals surface area contributed by atoms with Crippen molar-refractivity contribution < 1.29 is 33.4 Å². The smallest absolute Gasteiger partial charge is 0.260 e. The average molecular weight is 630 g/mol. The third-order valence-electron chi connectivity index (χ3n) is 10.0. The molecule has 3 fully saturated rings. The van der Waals surface area contributed by atoms with Gasteiger partial charge in [0.2, 0.25) is 11.8 Å². The summed E-state index contributed by atoms with van der Waals surface area (Å²) in [6.07, 6.45) is 2.26. The number of imide groups is 2. The zero-order valence-corrected chi connectivity index (χ0v) is 25.1. The van der Waals surface area contributed by atoms with Crippen LogP contribution in [0.5, 0.6) is 11.5 Å². The SMILES string of the molecule is COc1cccc(O)c1C1C2=CCC3C(=O)N(C)C(=O)C3C2CC2C(=O)N(Nc3ccc(F)cc3)C(=O)C21c1ccc(Cl)cc1. The lowest BCUT2D eigenvalue weighted by Crippen LogP contribution is -2.53. The van der Waals surface area contributed by atoms with Gasteiger partial charge in [-0.3, -0.25) is 29.5 Å². The van der Waals surface area contributed by atoms with E-state index in [9.17, 15) is 23.9 Å². The van der Waals surface area contributed by atoms with E-state index in [1.165, 1.54) is 44.5 Å². The minimum atomic E-state index is -1.62. The van der Waals surface area contributed by atoms with Gasteiger partial charge in [0, 0.05) is 23.6 Å². The number of fused-ring (bicyclic) bond motifs is 4. The second kappa shape index (κ2) is 10.4. The van der Waals surface area contributed by atoms with Crippen LogP contribution in [0.4, 0.5) is 10.1 Å². The first-order chi connectivity index (χ1) is 21.6. The lowest BCUT2D eigenvalue weighted by atomic mass is 9.49. The Kier molecular flexibility index (Phi) is 6.74. The van der Waals surface area contributed by atoms with Crippen LogP contribution >= 0.6 is 11.6 Å². The Balaban J connectivity index is 1.51. The quantitative estimate of drug-likeness (QED) is 0.307. The molecule has 2 aliphatic heterocycles. The van der Waals surface area contributed by atoms with Gasteiger partial charge < -0.3 is 9.84 Å². The highest BCUT2D eigenvalue weighted by Gasteiger charge is 2.70. The molecule has 3 aromatic carbocycles. The molecule has 7 rings (SSSR count). The Hall–Kier alpha value is -4.70. The van der Waals surface area contributed by atoms with Crippen LogP contribution in [-0.2, 0) is 24.6 Å². The maximum Gasteiger partial charge on any atom is 0.260 e. The van der Waals surface area contributed by atoms with Crippen LogP contribution in [0.15, 0.2) is 78.4 Å². The summed E-state index contributed by atoms with van der Waals surface area (Å²) in [4.78, 5) is 57.4. The Morgan fingerprint density at radius 3 is 2.36 bits per heavy atom. The van der Waals surface area contributed by atoms with Crippen LogP contribution in [-0.4, -0.2) is 52.8 Å². The number of phenolic OH excluding ortho intramolecular Hbond substituents is 1. The summed E-state index contributed by atoms with van der Waals surface area (Å²) in [5.41, 5.74) is 3.06. The number of amides is 4. The van der Waals surface area contributed by atoms with Crippen LogP contribution in [0.1, 0.15) is 29.9 Å². The minimum absolute atomic E-state index is 0.0983. The molecule has 2 heterocycles. The van der Waals surface area contributed by atoms with Gasteiger partial charge in [-0.05, 0) is 72.9 Å². The Bertz CT molecular complexity index is 1790. The third kappa shape index (κ3) is 4.04. The molecule has 2 N–H and O–H groups in total. The summed E-state index contributed by atoms with van der Waals surface area (Å²) in [5, 5.41) is 12.9. The normalized spacial score (nSPS) is 28.9. The summed E-state index contributed by atoms with van der Waals surface area (Å²) in [7, 11) is 2.92. The van der Waals surface area contributed by atoms with Crippen molar-refractivity contribution in [2.75, 3.05) is 19.6 Å². The zero-order chi connectivity index (χ0) is 31.8. The van der Waals surface area contributed by atoms with Crippen LogP contribution in [0.2, 0.25) is 5.02 Å². The maximum absolute atomic E-state index is 15.1. The molecule has 0 radical (unpaired) electrons. The number of ether oxygens (including phenoxy) is 1. The van der Waals surface area contributed by atoms with Crippen molar-refractivity contribution >= 4 is 40.9 Å². The number of rotatable bonds is 5. The number of nitrogens with zero attached hydrogens (tertiary/aromatic N) is 2. The number of hydrazine groups is 1. The Morgan fingerprint density at radius 1 is 0.956 bits per heavy atom. The Labute approximate surface area is 263 Å². The fraction of sp³-hybridized carbons (Fsp3) is 0.294. The van der Waals surface area contributed by atoms with E-state index in [4.69, 9.17) is 16.3 Å². The summed E-state index contributed by atoms with van der Waals surface area (Å²) in [6.45, 7) is 0. The number of halogens is 2. The number of nitrogens with one attached hydrogen (secondary N) is 1. The molecular weight excluding hydrogens is 601 g/mol. The fourth-order valence-corrected chi connectivity index (χ4v) is 8.25. The van der Waals surface area contributed by atoms with E-state index in [-0.39, 0.29) is 30.4 Å². The van der Waals surface area contributed by atoms with Crippen molar-refractivity contribution in [2.24, 2.45) is 23.7 Å². The van der Waals surface area contributed by atoms with Gasteiger partial charge in [0.05, 0.1) is 36.0 Å². The topological polar surface area (TPSA) is 116 Å². The number of hydrogen-bond donors (Lipinski definition) is 2. The standard InChI is InChI=1S/C34H29ClFN3O6/c1-38-30(41)22-15-14-21-23(27(22)32(38)43)16-24-31(42)39(37-20-12-10-19(36)11-13-20)33(44)34(24,17-6-8-18(35)9-7-17)29(21)28-25(40)4-3-5-26(28)45-2/h3-14,22-24,27,29,37,40H,15-16H2,1-2H3. The molecular formula is C34H29ClFN3O6. The molecule has 4 aliphatic rings. The highest BCUT2D eigenvalue weighted by molar-refractivity contribution is 6.30. The molecule has 4 amide bonds. The first-order valence-corrected chi connectivity index (χ1v) is 15.0. The molecule has 3 aromatic rings.